The van der Waals surface area contributed by atoms with Crippen molar-refractivity contribution in [3.63, 3.8) is 0 Å². The maximum absolute atomic E-state index is 5.94. The Morgan fingerprint density at radius 2 is 0.492 bits per heavy atom. The summed E-state index contributed by atoms with van der Waals surface area (Å²) in [7, 11) is 0. The van der Waals surface area contributed by atoms with Gasteiger partial charge in [0.25, 0.3) is 0 Å². The van der Waals surface area contributed by atoms with Gasteiger partial charge in [0.15, 0.2) is 11.5 Å². The lowest BCUT2D eigenvalue weighted by Crippen LogP contribution is -2.15. The van der Waals surface area contributed by atoms with Crippen LogP contribution in [-0.4, -0.2) is 159 Å². The lowest BCUT2D eigenvalue weighted by molar-refractivity contribution is -0.0189. The Kier molecular flexibility index (Phi) is 31.9. The molecular formula is C47H72O14. The van der Waals surface area contributed by atoms with Crippen LogP contribution in [0.15, 0.2) is 66.7 Å². The predicted octanol–water partition coefficient (Wildman–Crippen LogP) is 5.97. The summed E-state index contributed by atoms with van der Waals surface area (Å²) in [5.41, 5.74) is 5.89. The van der Waals surface area contributed by atoms with Crippen molar-refractivity contribution in [2.45, 2.75) is 34.0 Å². The third-order valence-corrected chi connectivity index (χ3v) is 8.57. The van der Waals surface area contributed by atoms with E-state index in [4.69, 9.17) is 66.3 Å². The first kappa shape index (κ1) is 52.1. The molecule has 0 atom stereocenters. The second kappa shape index (κ2) is 37.3. The largest absolute Gasteiger partial charge is 0.487 e. The summed E-state index contributed by atoms with van der Waals surface area (Å²) in [4.78, 5) is 0. The van der Waals surface area contributed by atoms with Crippen molar-refractivity contribution in [2.24, 2.45) is 0 Å². The summed E-state index contributed by atoms with van der Waals surface area (Å²) in [5.74, 6) is 1.33. The molecule has 344 valence electrons. The SMILES string of the molecule is Cc1ccc(COCCOCCOCCOCCOCCOCCOc2ccc(C)cc2OCCOCCOCCOCCOCCOCCOCc2ccc(C)cc2)cc1. The average molecular weight is 861 g/mol. The molecule has 0 fully saturated rings. The third kappa shape index (κ3) is 29.7. The van der Waals surface area contributed by atoms with Crippen molar-refractivity contribution in [1.29, 1.82) is 0 Å². The number of rotatable bonds is 42. The fourth-order valence-electron chi connectivity index (χ4n) is 5.22. The molecule has 0 unspecified atom stereocenters. The van der Waals surface area contributed by atoms with Crippen LogP contribution in [0.4, 0.5) is 0 Å². The van der Waals surface area contributed by atoms with Crippen molar-refractivity contribution < 1.29 is 66.3 Å². The Morgan fingerprint density at radius 1 is 0.246 bits per heavy atom. The van der Waals surface area contributed by atoms with E-state index in [1.807, 2.05) is 25.1 Å². The number of hydrogen-bond acceptors (Lipinski definition) is 14. The van der Waals surface area contributed by atoms with E-state index < -0.39 is 0 Å². The first-order valence-corrected chi connectivity index (χ1v) is 21.5. The molecule has 3 aromatic rings. The lowest BCUT2D eigenvalue weighted by atomic mass is 10.2. The van der Waals surface area contributed by atoms with Crippen LogP contribution in [0.3, 0.4) is 0 Å². The molecule has 0 aliphatic rings. The Balaban J connectivity index is 0.999. The van der Waals surface area contributed by atoms with Crippen LogP contribution in [-0.2, 0) is 70.1 Å². The zero-order valence-electron chi connectivity index (χ0n) is 37.0. The van der Waals surface area contributed by atoms with E-state index in [2.05, 4.69) is 62.4 Å². The number of aryl methyl sites for hydroxylation is 3. The Morgan fingerprint density at radius 3 is 0.803 bits per heavy atom. The molecule has 0 saturated heterocycles. The maximum Gasteiger partial charge on any atom is 0.161 e. The molecule has 0 aliphatic heterocycles. The van der Waals surface area contributed by atoms with Crippen molar-refractivity contribution in [2.75, 3.05) is 159 Å². The zero-order valence-corrected chi connectivity index (χ0v) is 37.0. The van der Waals surface area contributed by atoms with Crippen molar-refractivity contribution in [3.05, 3.63) is 94.5 Å². The summed E-state index contributed by atoms with van der Waals surface area (Å²) in [6, 6.07) is 22.5. The fourth-order valence-corrected chi connectivity index (χ4v) is 5.22. The third-order valence-electron chi connectivity index (χ3n) is 8.57. The van der Waals surface area contributed by atoms with Crippen molar-refractivity contribution in [1.82, 2.24) is 0 Å². The first-order valence-electron chi connectivity index (χ1n) is 21.5. The molecule has 3 rings (SSSR count). The average Bonchev–Trinajstić information content (AvgIpc) is 3.26. The highest BCUT2D eigenvalue weighted by atomic mass is 16.6. The van der Waals surface area contributed by atoms with Gasteiger partial charge in [-0.3, -0.25) is 0 Å². The van der Waals surface area contributed by atoms with Gasteiger partial charge >= 0.3 is 0 Å². The predicted molar refractivity (Wildman–Crippen MR) is 232 cm³/mol. The van der Waals surface area contributed by atoms with E-state index in [9.17, 15) is 0 Å². The van der Waals surface area contributed by atoms with E-state index in [1.54, 1.807) is 0 Å². The highest BCUT2D eigenvalue weighted by molar-refractivity contribution is 5.42. The summed E-state index contributed by atoms with van der Waals surface area (Å²) < 4.78 is 78.8. The van der Waals surface area contributed by atoms with E-state index in [0.717, 1.165) is 16.7 Å². The van der Waals surface area contributed by atoms with Gasteiger partial charge in [-0.1, -0.05) is 65.7 Å². The Bertz CT molecular complexity index is 1430. The molecule has 0 saturated carbocycles. The van der Waals surface area contributed by atoms with Crippen LogP contribution in [0.25, 0.3) is 0 Å². The molecule has 0 bridgehead atoms. The molecular weight excluding hydrogens is 789 g/mol. The van der Waals surface area contributed by atoms with Crippen LogP contribution >= 0.6 is 0 Å². The van der Waals surface area contributed by atoms with E-state index >= 15 is 0 Å². The number of benzene rings is 3. The van der Waals surface area contributed by atoms with Gasteiger partial charge < -0.3 is 66.3 Å². The highest BCUT2D eigenvalue weighted by Crippen LogP contribution is 2.28. The molecule has 14 heteroatoms. The van der Waals surface area contributed by atoms with Gasteiger partial charge in [-0.05, 0) is 49.6 Å². The second-order valence-corrected chi connectivity index (χ2v) is 13.8. The smallest absolute Gasteiger partial charge is 0.161 e. The van der Waals surface area contributed by atoms with Crippen molar-refractivity contribution >= 4 is 0 Å². The van der Waals surface area contributed by atoms with Crippen LogP contribution in [0, 0.1) is 20.8 Å². The molecule has 0 N–H and O–H groups in total. The lowest BCUT2D eigenvalue weighted by Gasteiger charge is -2.14. The second-order valence-electron chi connectivity index (χ2n) is 13.8. The van der Waals surface area contributed by atoms with Gasteiger partial charge in [-0.2, -0.15) is 0 Å². The highest BCUT2D eigenvalue weighted by Gasteiger charge is 2.07. The summed E-state index contributed by atoms with van der Waals surface area (Å²) >= 11 is 0. The Labute approximate surface area is 364 Å². The van der Waals surface area contributed by atoms with Gasteiger partial charge in [0.1, 0.15) is 13.2 Å². The zero-order chi connectivity index (χ0) is 43.1. The molecule has 3 aromatic carbocycles. The quantitative estimate of drug-likeness (QED) is 0.0621. The van der Waals surface area contributed by atoms with Gasteiger partial charge in [0, 0.05) is 0 Å². The summed E-state index contributed by atoms with van der Waals surface area (Å²) in [5, 5.41) is 0. The van der Waals surface area contributed by atoms with Crippen molar-refractivity contribution in [3.8, 4) is 11.5 Å². The van der Waals surface area contributed by atoms with Crippen LogP contribution in [0.2, 0.25) is 0 Å². The minimum Gasteiger partial charge on any atom is -0.487 e. The van der Waals surface area contributed by atoms with Crippen LogP contribution in [0.1, 0.15) is 27.8 Å². The van der Waals surface area contributed by atoms with Gasteiger partial charge in [0.05, 0.1) is 159 Å². The molecule has 0 spiro atoms. The fraction of sp³-hybridized carbons (Fsp3) is 0.617. The van der Waals surface area contributed by atoms with Gasteiger partial charge in [-0.25, -0.2) is 0 Å². The maximum atomic E-state index is 5.94. The summed E-state index contributed by atoms with van der Waals surface area (Å²) in [6.45, 7) is 19.1. The number of hydrogen-bond donors (Lipinski definition) is 0. The normalized spacial score (nSPS) is 11.4. The van der Waals surface area contributed by atoms with Gasteiger partial charge in [-0.15, -0.1) is 0 Å². The monoisotopic (exact) mass is 860 g/mol. The summed E-state index contributed by atoms with van der Waals surface area (Å²) in [6.07, 6.45) is 0. The molecule has 0 heterocycles. The molecule has 0 amide bonds. The molecule has 0 aliphatic carbocycles. The minimum absolute atomic E-state index is 0.390. The van der Waals surface area contributed by atoms with Crippen LogP contribution < -0.4 is 9.47 Å². The Hall–Kier alpha value is -3.22. The molecule has 61 heavy (non-hydrogen) atoms. The standard InChI is InChI=1S/C47H72O14/c1-41-4-9-44(10-5-41)39-58-32-30-54-24-22-50-16-14-48-18-20-52-26-28-56-34-36-60-46-13-8-43(3)38-47(46)61-37-35-57-29-27-53-21-19-49-15-17-51-23-25-55-31-33-59-40-45-11-6-42(2)7-12-45/h4-13,38H,14-37,39-40H2,1-3H3. The topological polar surface area (TPSA) is 129 Å². The number of ether oxygens (including phenoxy) is 14. The van der Waals surface area contributed by atoms with E-state index in [0.29, 0.717) is 183 Å². The van der Waals surface area contributed by atoms with Gasteiger partial charge in [0.2, 0.25) is 0 Å². The minimum atomic E-state index is 0.390. The molecule has 14 nitrogen and oxygen atoms in total. The van der Waals surface area contributed by atoms with Crippen LogP contribution in [0.5, 0.6) is 11.5 Å². The van der Waals surface area contributed by atoms with E-state index in [1.165, 1.54) is 11.1 Å². The molecule has 0 radical (unpaired) electrons. The first-order chi connectivity index (χ1) is 30.1. The van der Waals surface area contributed by atoms with E-state index in [-0.39, 0.29) is 0 Å². The molecule has 0 aromatic heterocycles.